The van der Waals surface area contributed by atoms with Crippen LogP contribution >= 0.6 is 11.8 Å². The molecule has 142 valence electrons. The molecule has 3 aromatic rings. The molecule has 0 amide bonds. The highest BCUT2D eigenvalue weighted by molar-refractivity contribution is 8.00. The van der Waals surface area contributed by atoms with Crippen LogP contribution in [0, 0.1) is 13.8 Å². The lowest BCUT2D eigenvalue weighted by Gasteiger charge is -2.11. The minimum atomic E-state index is -0.437. The number of benzene rings is 1. The maximum Gasteiger partial charge on any atom is 0.339 e. The minimum Gasteiger partial charge on any atom is -0.465 e. The Bertz CT molecular complexity index is 1020. The molecule has 3 rings (SSSR count). The Morgan fingerprint density at radius 1 is 1.30 bits per heavy atom. The van der Waals surface area contributed by atoms with Gasteiger partial charge in [0, 0.05) is 12.2 Å². The average Bonchev–Trinajstić information content (AvgIpc) is 3.16. The van der Waals surface area contributed by atoms with Gasteiger partial charge in [0.05, 0.1) is 34.7 Å². The maximum absolute atomic E-state index is 13.0. The molecular weight excluding hydrogens is 362 g/mol. The Hall–Kier alpha value is -2.54. The molecule has 0 bridgehead atoms. The summed E-state index contributed by atoms with van der Waals surface area (Å²) < 4.78 is 6.93. The molecule has 0 fully saturated rings. The van der Waals surface area contributed by atoms with Gasteiger partial charge in [-0.15, -0.1) is 0 Å². The largest absolute Gasteiger partial charge is 0.465 e. The van der Waals surface area contributed by atoms with Crippen molar-refractivity contribution in [3.8, 4) is 0 Å². The van der Waals surface area contributed by atoms with Crippen molar-refractivity contribution in [1.82, 2.24) is 14.5 Å². The lowest BCUT2D eigenvalue weighted by atomic mass is 10.1. The number of fused-ring (bicyclic) bond motifs is 1. The van der Waals surface area contributed by atoms with Gasteiger partial charge in [-0.2, -0.15) is 0 Å². The third-order valence-corrected chi connectivity index (χ3v) is 5.75. The third-order valence-electron chi connectivity index (χ3n) is 4.66. The zero-order chi connectivity index (χ0) is 19.7. The summed E-state index contributed by atoms with van der Waals surface area (Å²) in [5.74, 6) is -0.501. The summed E-state index contributed by atoms with van der Waals surface area (Å²) in [6.07, 6.45) is 0. The number of nitrogens with one attached hydrogen (secondary N) is 1. The molecule has 2 heterocycles. The summed E-state index contributed by atoms with van der Waals surface area (Å²) in [6.45, 7) is 8.23. The lowest BCUT2D eigenvalue weighted by Crippen LogP contribution is -2.16. The van der Waals surface area contributed by atoms with Crippen LogP contribution in [-0.4, -0.2) is 38.6 Å². The van der Waals surface area contributed by atoms with Gasteiger partial charge in [-0.05, 0) is 45.4 Å². The first-order chi connectivity index (χ1) is 12.9. The van der Waals surface area contributed by atoms with Crippen molar-refractivity contribution in [1.29, 1.82) is 0 Å². The van der Waals surface area contributed by atoms with Crippen molar-refractivity contribution < 1.29 is 14.3 Å². The monoisotopic (exact) mass is 385 g/mol. The van der Waals surface area contributed by atoms with Gasteiger partial charge in [0.2, 0.25) is 0 Å². The molecule has 0 radical (unpaired) electrons. The number of ether oxygens (including phenoxy) is 1. The van der Waals surface area contributed by atoms with Crippen LogP contribution in [0.4, 0.5) is 0 Å². The first kappa shape index (κ1) is 19.2. The first-order valence-corrected chi connectivity index (χ1v) is 9.70. The van der Waals surface area contributed by atoms with Gasteiger partial charge in [-0.25, -0.2) is 9.78 Å². The zero-order valence-corrected chi connectivity index (χ0v) is 16.9. The highest BCUT2D eigenvalue weighted by Crippen LogP contribution is 2.30. The number of Topliss-reactive ketones (excluding diaryl/α,β-unsaturated/α-hetero) is 1. The maximum atomic E-state index is 13.0. The number of carbonyl (C=O) groups excluding carboxylic acids is 2. The van der Waals surface area contributed by atoms with Crippen LogP contribution in [0.3, 0.4) is 0 Å². The van der Waals surface area contributed by atoms with Crippen molar-refractivity contribution in [3.05, 3.63) is 46.8 Å². The van der Waals surface area contributed by atoms with E-state index in [-0.39, 0.29) is 11.0 Å². The number of aromatic nitrogens is 3. The Labute approximate surface area is 162 Å². The Kier molecular flexibility index (Phi) is 5.41. The normalized spacial score (nSPS) is 12.3. The number of para-hydroxylation sites is 2. The lowest BCUT2D eigenvalue weighted by molar-refractivity contribution is 0.0599. The fourth-order valence-corrected chi connectivity index (χ4v) is 4.32. The van der Waals surface area contributed by atoms with Gasteiger partial charge in [-0.3, -0.25) is 4.79 Å². The van der Waals surface area contributed by atoms with Crippen LogP contribution in [0.5, 0.6) is 0 Å². The fourth-order valence-electron chi connectivity index (χ4n) is 3.27. The number of aromatic amines is 1. The molecular formula is C20H23N3O3S. The second kappa shape index (κ2) is 7.60. The van der Waals surface area contributed by atoms with Gasteiger partial charge in [0.25, 0.3) is 0 Å². The molecule has 0 spiro atoms. The summed E-state index contributed by atoms with van der Waals surface area (Å²) in [7, 11) is 1.34. The highest BCUT2D eigenvalue weighted by atomic mass is 32.2. The molecule has 1 aromatic carbocycles. The van der Waals surface area contributed by atoms with E-state index in [2.05, 4.69) is 21.5 Å². The number of ketones is 1. The summed E-state index contributed by atoms with van der Waals surface area (Å²) in [5, 5.41) is 0.461. The highest BCUT2D eigenvalue weighted by Gasteiger charge is 2.27. The molecule has 1 atom stereocenters. The van der Waals surface area contributed by atoms with E-state index in [1.54, 1.807) is 13.8 Å². The quantitative estimate of drug-likeness (QED) is 0.392. The molecule has 0 aliphatic heterocycles. The molecule has 6 nitrogen and oxygen atoms in total. The molecule has 0 saturated heterocycles. The Balaban J connectivity index is 1.90. The molecule has 2 aromatic heterocycles. The number of rotatable bonds is 6. The Morgan fingerprint density at radius 2 is 2.00 bits per heavy atom. The molecule has 7 heteroatoms. The van der Waals surface area contributed by atoms with Crippen LogP contribution in [0.25, 0.3) is 11.0 Å². The van der Waals surface area contributed by atoms with Crippen molar-refractivity contribution >= 4 is 34.5 Å². The molecule has 0 aliphatic carbocycles. The predicted octanol–water partition coefficient (Wildman–Crippen LogP) is 4.15. The van der Waals surface area contributed by atoms with E-state index in [0.717, 1.165) is 22.7 Å². The number of aryl methyl sites for hydroxylation is 2. The van der Waals surface area contributed by atoms with Crippen LogP contribution in [0.1, 0.15) is 46.0 Å². The standard InChI is InChI=1S/C20H23N3O3S/c1-6-23-15-10-8-7-9-14(15)22-20(23)27-13(4)18(24)17-11(2)16(12(3)21-17)19(25)26-5/h7-10,13,21H,6H2,1-5H3. The fraction of sp³-hybridized carbons (Fsp3) is 0.350. The van der Waals surface area contributed by atoms with Gasteiger partial charge in [0.15, 0.2) is 10.9 Å². The van der Waals surface area contributed by atoms with Crippen LogP contribution in [0.15, 0.2) is 29.4 Å². The number of H-pyrrole nitrogens is 1. The summed E-state index contributed by atoms with van der Waals surface area (Å²) in [4.78, 5) is 32.7. The number of imidazole rings is 1. The van der Waals surface area contributed by atoms with Crippen LogP contribution < -0.4 is 0 Å². The SMILES string of the molecule is CCn1c(SC(C)C(=O)c2[nH]c(C)c(C(=O)OC)c2C)nc2ccccc21. The van der Waals surface area contributed by atoms with Crippen molar-refractivity contribution in [2.75, 3.05) is 7.11 Å². The second-order valence-corrected chi connectivity index (χ2v) is 7.68. The van der Waals surface area contributed by atoms with E-state index in [4.69, 9.17) is 4.74 Å². The first-order valence-electron chi connectivity index (χ1n) is 8.82. The number of thioether (sulfide) groups is 1. The van der Waals surface area contributed by atoms with E-state index >= 15 is 0 Å². The van der Waals surface area contributed by atoms with E-state index in [0.29, 0.717) is 22.5 Å². The van der Waals surface area contributed by atoms with Crippen molar-refractivity contribution in [2.24, 2.45) is 0 Å². The number of esters is 1. The number of hydrogen-bond donors (Lipinski definition) is 1. The second-order valence-electron chi connectivity index (χ2n) is 6.37. The number of hydrogen-bond acceptors (Lipinski definition) is 5. The van der Waals surface area contributed by atoms with Crippen LogP contribution in [-0.2, 0) is 11.3 Å². The summed E-state index contributed by atoms with van der Waals surface area (Å²) in [5.41, 5.74) is 4.12. The number of nitrogens with zero attached hydrogens (tertiary/aromatic N) is 2. The van der Waals surface area contributed by atoms with Gasteiger partial charge < -0.3 is 14.3 Å². The molecule has 1 N–H and O–H groups in total. The van der Waals surface area contributed by atoms with E-state index < -0.39 is 5.97 Å². The van der Waals surface area contributed by atoms with Gasteiger partial charge >= 0.3 is 5.97 Å². The van der Waals surface area contributed by atoms with E-state index in [1.165, 1.54) is 18.9 Å². The van der Waals surface area contributed by atoms with E-state index in [9.17, 15) is 9.59 Å². The molecule has 1 unspecified atom stereocenters. The van der Waals surface area contributed by atoms with Gasteiger partial charge in [0.1, 0.15) is 0 Å². The average molecular weight is 385 g/mol. The molecule has 27 heavy (non-hydrogen) atoms. The van der Waals surface area contributed by atoms with E-state index in [1.807, 2.05) is 31.2 Å². The number of methoxy groups -OCH3 is 1. The Morgan fingerprint density at radius 3 is 2.67 bits per heavy atom. The number of carbonyl (C=O) groups is 2. The third kappa shape index (κ3) is 3.39. The van der Waals surface area contributed by atoms with Crippen molar-refractivity contribution in [3.63, 3.8) is 0 Å². The topological polar surface area (TPSA) is 77.0 Å². The molecule has 0 saturated carbocycles. The summed E-state index contributed by atoms with van der Waals surface area (Å²) >= 11 is 1.43. The molecule has 0 aliphatic rings. The van der Waals surface area contributed by atoms with Gasteiger partial charge in [-0.1, -0.05) is 23.9 Å². The predicted molar refractivity (Wildman–Crippen MR) is 107 cm³/mol. The minimum absolute atomic E-state index is 0.0644. The smallest absolute Gasteiger partial charge is 0.339 e. The van der Waals surface area contributed by atoms with Crippen LogP contribution in [0.2, 0.25) is 0 Å². The van der Waals surface area contributed by atoms with Crippen molar-refractivity contribution in [2.45, 2.75) is 44.6 Å². The summed E-state index contributed by atoms with van der Waals surface area (Å²) in [6, 6.07) is 7.94. The zero-order valence-electron chi connectivity index (χ0n) is 16.1.